The third kappa shape index (κ3) is 6.38. The monoisotopic (exact) mass is 831 g/mol. The van der Waals surface area contributed by atoms with Gasteiger partial charge in [0.25, 0.3) is 0 Å². The largest absolute Gasteiger partial charge is 0.503 e. The van der Waals surface area contributed by atoms with Crippen LogP contribution >= 0.6 is 11.6 Å². The molecule has 9 rings (SSSR count). The molecular weight excluding hydrogens is 790 g/mol. The number of ether oxygens (including phenoxy) is 3. The van der Waals surface area contributed by atoms with Gasteiger partial charge in [-0.2, -0.15) is 0 Å². The number of rotatable bonds is 9. The number of nitrogens with zero attached hydrogens (tertiary/aromatic N) is 1. The van der Waals surface area contributed by atoms with Crippen LogP contribution in [-0.4, -0.2) is 49.8 Å². The molecule has 2 amide bonds. The molecule has 1 heterocycles. The van der Waals surface area contributed by atoms with Gasteiger partial charge in [-0.1, -0.05) is 108 Å². The second kappa shape index (κ2) is 15.7. The Bertz CT molecular complexity index is 2690. The predicted molar refractivity (Wildman–Crippen MR) is 234 cm³/mol. The number of fused-ring (bicyclic) bond motifs is 4. The summed E-state index contributed by atoms with van der Waals surface area (Å²) in [6, 6.07) is 34.5. The minimum absolute atomic E-state index is 0.0137. The molecule has 6 atom stereocenters. The van der Waals surface area contributed by atoms with Gasteiger partial charge in [-0.05, 0) is 89.6 Å². The molecule has 5 aromatic rings. The van der Waals surface area contributed by atoms with Crippen LogP contribution in [0.1, 0.15) is 46.6 Å². The molecular formula is C51H42ClNO8. The summed E-state index contributed by atoms with van der Waals surface area (Å²) < 4.78 is 16.5. The molecule has 0 radical (unpaired) electrons. The maximum absolute atomic E-state index is 15.3. The number of halogens is 1. The SMILES string of the molecule is COc1ccc(OC)c(C=Cc2ccc(N3C(=O)C4CC=C5C(CC6C(=O)C(c7ccccc7)=CC(=O)C6(c6ccccc6)C5c5cc(Cl)c(O)c(OC)c5)C4C3=O)cc2)c1. The molecule has 1 aliphatic heterocycles. The standard InChI is InChI=1S/C51H42ClNO8/c1-59-35-20-23-42(60-2)31(24-35)17-14-29-15-18-34(19-16-29)53-49(57)37-22-21-36-39(45(37)50(53)58)27-40-47(55)38(30-10-6-4-7-11-30)28-44(54)51(40,33-12-8-5-9-13-33)46(36)32-25-41(52)48(56)43(26-32)61-3/h4-21,23-26,28,37,39-40,45-46,56H,22,27H2,1-3H3. The minimum Gasteiger partial charge on any atom is -0.503 e. The lowest BCUT2D eigenvalue weighted by Gasteiger charge is -2.55. The number of imide groups is 1. The molecule has 4 aliphatic rings. The number of allylic oxidation sites excluding steroid dienone is 4. The highest BCUT2D eigenvalue weighted by Crippen LogP contribution is 2.64. The molecule has 9 nitrogen and oxygen atoms in total. The molecule has 10 heteroatoms. The quantitative estimate of drug-likeness (QED) is 0.0888. The average molecular weight is 832 g/mol. The van der Waals surface area contributed by atoms with Gasteiger partial charge in [0.2, 0.25) is 11.8 Å². The predicted octanol–water partition coefficient (Wildman–Crippen LogP) is 9.27. The first kappa shape index (κ1) is 39.7. The fourth-order valence-corrected chi connectivity index (χ4v) is 10.5. The van der Waals surface area contributed by atoms with E-state index < -0.39 is 35.0 Å². The number of benzene rings is 5. The Hall–Kier alpha value is -6.71. The van der Waals surface area contributed by atoms with Gasteiger partial charge in [0, 0.05) is 23.0 Å². The van der Waals surface area contributed by atoms with Crippen LogP contribution in [0.3, 0.4) is 0 Å². The summed E-state index contributed by atoms with van der Waals surface area (Å²) in [5.74, 6) is -3.73. The van der Waals surface area contributed by atoms with E-state index in [1.165, 1.54) is 18.1 Å². The summed E-state index contributed by atoms with van der Waals surface area (Å²) >= 11 is 6.70. The molecule has 0 aromatic heterocycles. The van der Waals surface area contributed by atoms with Crippen LogP contribution in [0.4, 0.5) is 5.69 Å². The van der Waals surface area contributed by atoms with Crippen molar-refractivity contribution in [1.29, 1.82) is 0 Å². The third-order valence-electron chi connectivity index (χ3n) is 13.0. The number of aromatic hydroxyl groups is 1. The van der Waals surface area contributed by atoms with Crippen LogP contribution in [0.2, 0.25) is 5.02 Å². The number of carbonyl (C=O) groups excluding carboxylic acids is 4. The Morgan fingerprint density at radius 1 is 0.754 bits per heavy atom. The zero-order valence-corrected chi connectivity index (χ0v) is 34.5. The van der Waals surface area contributed by atoms with Gasteiger partial charge < -0.3 is 19.3 Å². The van der Waals surface area contributed by atoms with E-state index in [-0.39, 0.29) is 52.7 Å². The average Bonchev–Trinajstić information content (AvgIpc) is 3.56. The van der Waals surface area contributed by atoms with Gasteiger partial charge in [-0.3, -0.25) is 24.1 Å². The lowest BCUT2D eigenvalue weighted by molar-refractivity contribution is -0.135. The molecule has 5 aromatic carbocycles. The first-order valence-electron chi connectivity index (χ1n) is 20.2. The van der Waals surface area contributed by atoms with Crippen LogP contribution in [0.5, 0.6) is 23.0 Å². The number of phenols is 1. The summed E-state index contributed by atoms with van der Waals surface area (Å²) in [5.41, 5.74) is 3.54. The Kier molecular flexibility index (Phi) is 10.2. The van der Waals surface area contributed by atoms with Crippen LogP contribution in [0.25, 0.3) is 17.7 Å². The number of anilines is 1. The van der Waals surface area contributed by atoms with Gasteiger partial charge in [0.05, 0.1) is 49.3 Å². The highest BCUT2D eigenvalue weighted by atomic mass is 35.5. The third-order valence-corrected chi connectivity index (χ3v) is 13.3. The second-order valence-electron chi connectivity index (χ2n) is 15.9. The zero-order chi connectivity index (χ0) is 42.6. The molecule has 1 saturated carbocycles. The highest BCUT2D eigenvalue weighted by Gasteiger charge is 2.66. The van der Waals surface area contributed by atoms with E-state index in [0.717, 1.165) is 16.7 Å². The van der Waals surface area contributed by atoms with Crippen molar-refractivity contribution in [2.45, 2.75) is 24.2 Å². The van der Waals surface area contributed by atoms with Crippen molar-refractivity contribution in [1.82, 2.24) is 0 Å². The summed E-state index contributed by atoms with van der Waals surface area (Å²) in [6.45, 7) is 0. The molecule has 1 saturated heterocycles. The van der Waals surface area contributed by atoms with Crippen LogP contribution < -0.4 is 19.1 Å². The maximum Gasteiger partial charge on any atom is 0.238 e. The van der Waals surface area contributed by atoms with Crippen LogP contribution in [0, 0.1) is 23.7 Å². The molecule has 2 fully saturated rings. The number of hydrogen-bond acceptors (Lipinski definition) is 8. The van der Waals surface area contributed by atoms with Gasteiger partial charge in [0.1, 0.15) is 11.5 Å². The molecule has 0 spiro atoms. The lowest BCUT2D eigenvalue weighted by Crippen LogP contribution is -2.58. The van der Waals surface area contributed by atoms with Crippen molar-refractivity contribution in [3.05, 3.63) is 166 Å². The van der Waals surface area contributed by atoms with E-state index in [1.807, 2.05) is 109 Å². The molecule has 6 unspecified atom stereocenters. The zero-order valence-electron chi connectivity index (χ0n) is 33.7. The molecule has 0 bridgehead atoms. The van der Waals surface area contributed by atoms with Crippen LogP contribution in [0.15, 0.2) is 133 Å². The minimum atomic E-state index is -1.46. The summed E-state index contributed by atoms with van der Waals surface area (Å²) in [7, 11) is 4.62. The summed E-state index contributed by atoms with van der Waals surface area (Å²) in [5, 5.41) is 10.9. The van der Waals surface area contributed by atoms with Gasteiger partial charge in [-0.25, -0.2) is 0 Å². The normalized spacial score (nSPS) is 24.5. The van der Waals surface area contributed by atoms with E-state index in [4.69, 9.17) is 25.8 Å². The van der Waals surface area contributed by atoms with Gasteiger partial charge in [0.15, 0.2) is 23.1 Å². The fourth-order valence-electron chi connectivity index (χ4n) is 10.3. The van der Waals surface area contributed by atoms with Crippen molar-refractivity contribution in [2.24, 2.45) is 23.7 Å². The molecule has 306 valence electrons. The van der Waals surface area contributed by atoms with Gasteiger partial charge >= 0.3 is 0 Å². The number of Topliss-reactive ketones (excluding diaryl/α,β-unsaturated/α-hetero) is 1. The van der Waals surface area contributed by atoms with Crippen molar-refractivity contribution in [3.8, 4) is 23.0 Å². The van der Waals surface area contributed by atoms with Crippen LogP contribution in [-0.2, 0) is 24.6 Å². The van der Waals surface area contributed by atoms with E-state index in [1.54, 1.807) is 38.5 Å². The Morgan fingerprint density at radius 2 is 1.46 bits per heavy atom. The van der Waals surface area contributed by atoms with Crippen molar-refractivity contribution >= 4 is 58.4 Å². The highest BCUT2D eigenvalue weighted by molar-refractivity contribution is 6.33. The number of carbonyl (C=O) groups is 4. The Labute approximate surface area is 358 Å². The topological polar surface area (TPSA) is 119 Å². The molecule has 1 N–H and O–H groups in total. The molecule has 3 aliphatic carbocycles. The van der Waals surface area contributed by atoms with Crippen molar-refractivity contribution in [3.63, 3.8) is 0 Å². The summed E-state index contributed by atoms with van der Waals surface area (Å²) in [4.78, 5) is 61.2. The van der Waals surface area contributed by atoms with Crippen molar-refractivity contribution in [2.75, 3.05) is 26.2 Å². The van der Waals surface area contributed by atoms with Crippen molar-refractivity contribution < 1.29 is 38.5 Å². The van der Waals surface area contributed by atoms with E-state index in [9.17, 15) is 14.7 Å². The van der Waals surface area contributed by atoms with E-state index in [2.05, 4.69) is 0 Å². The summed E-state index contributed by atoms with van der Waals surface area (Å²) in [6.07, 6.45) is 7.69. The Morgan fingerprint density at radius 3 is 2.15 bits per heavy atom. The number of phenolic OH excluding ortho intramolecular Hbond substituents is 1. The number of amides is 2. The maximum atomic E-state index is 15.3. The Balaban J connectivity index is 1.14. The van der Waals surface area contributed by atoms with E-state index in [0.29, 0.717) is 39.4 Å². The number of methoxy groups -OCH3 is 3. The second-order valence-corrected chi connectivity index (χ2v) is 16.3. The molecule has 61 heavy (non-hydrogen) atoms. The first-order chi connectivity index (χ1) is 29.6. The lowest BCUT2D eigenvalue weighted by atomic mass is 9.44. The van der Waals surface area contributed by atoms with E-state index >= 15 is 9.59 Å². The first-order valence-corrected chi connectivity index (χ1v) is 20.5. The smallest absolute Gasteiger partial charge is 0.238 e. The number of hydrogen-bond donors (Lipinski definition) is 1. The van der Waals surface area contributed by atoms with Gasteiger partial charge in [-0.15, -0.1) is 0 Å². The number of ketones is 2. The fraction of sp³-hybridized carbons (Fsp3) is 0.216.